The summed E-state index contributed by atoms with van der Waals surface area (Å²) in [6.07, 6.45) is 2.84. The molecule has 0 aromatic heterocycles. The number of carbonyl (C=O) groups excluding carboxylic acids is 4. The van der Waals surface area contributed by atoms with Gasteiger partial charge in [0.25, 0.3) is 11.8 Å². The van der Waals surface area contributed by atoms with Crippen LogP contribution in [0.4, 0.5) is 9.59 Å². The molecule has 0 aliphatic carbocycles. The van der Waals surface area contributed by atoms with Crippen LogP contribution in [-0.2, 0) is 28.7 Å². The monoisotopic (exact) mass is 594 g/mol. The lowest BCUT2D eigenvalue weighted by atomic mass is 9.72. The number of unbranched alkanes of at least 4 members (excludes halogenated alkanes) is 3. The van der Waals surface area contributed by atoms with E-state index in [0.717, 1.165) is 12.8 Å². The summed E-state index contributed by atoms with van der Waals surface area (Å²) in [6, 6.07) is 0. The summed E-state index contributed by atoms with van der Waals surface area (Å²) in [5, 5.41) is 3.75. The highest BCUT2D eigenvalue weighted by molar-refractivity contribution is 6.03. The number of rotatable bonds is 9. The Kier molecular flexibility index (Phi) is 8.32. The van der Waals surface area contributed by atoms with Gasteiger partial charge < -0.3 is 19.1 Å². The Morgan fingerprint density at radius 1 is 0.548 bits per heavy atom. The van der Waals surface area contributed by atoms with Crippen LogP contribution < -0.4 is 0 Å². The van der Waals surface area contributed by atoms with E-state index in [9.17, 15) is 19.2 Å². The Bertz CT molecular complexity index is 995. The van der Waals surface area contributed by atoms with E-state index in [1.165, 1.54) is 9.80 Å². The Morgan fingerprint density at radius 2 is 0.833 bits per heavy atom. The number of hydrogen-bond acceptors (Lipinski definition) is 10. The SMILES string of the molecule is CON1C(C)(C)CC2(CC1(C)C)OC(=O)N(CCCCCCN1C(=O)OC3(CC(C)(C)N(OC)C(C)(C)C3)C1=O)C2=O. The quantitative estimate of drug-likeness (QED) is 0.355. The van der Waals surface area contributed by atoms with Gasteiger partial charge in [-0.2, -0.15) is 10.1 Å². The van der Waals surface area contributed by atoms with Crippen molar-refractivity contribution in [2.24, 2.45) is 0 Å². The van der Waals surface area contributed by atoms with E-state index in [4.69, 9.17) is 19.1 Å². The topological polar surface area (TPSA) is 118 Å². The van der Waals surface area contributed by atoms with Crippen LogP contribution in [0.15, 0.2) is 0 Å². The Balaban J connectivity index is 1.28. The van der Waals surface area contributed by atoms with Gasteiger partial charge in [-0.25, -0.2) is 19.4 Å². The van der Waals surface area contributed by atoms with Crippen LogP contribution in [0.1, 0.15) is 107 Å². The molecular formula is C30H50N4O8. The maximum atomic E-state index is 13.5. The van der Waals surface area contributed by atoms with Gasteiger partial charge in [0.05, 0.1) is 14.2 Å². The fraction of sp³-hybridized carbons (Fsp3) is 0.867. The van der Waals surface area contributed by atoms with E-state index in [0.29, 0.717) is 38.5 Å². The van der Waals surface area contributed by atoms with Crippen molar-refractivity contribution >= 4 is 24.0 Å². The lowest BCUT2D eigenvalue weighted by Gasteiger charge is -2.55. The summed E-state index contributed by atoms with van der Waals surface area (Å²) >= 11 is 0. The van der Waals surface area contributed by atoms with Crippen molar-refractivity contribution in [3.05, 3.63) is 0 Å². The first kappa shape index (κ1) is 32.6. The number of nitrogens with zero attached hydrogens (tertiary/aromatic N) is 4. The predicted molar refractivity (Wildman–Crippen MR) is 153 cm³/mol. The van der Waals surface area contributed by atoms with Crippen LogP contribution in [0.5, 0.6) is 0 Å². The fourth-order valence-electron chi connectivity index (χ4n) is 8.75. The third-order valence-electron chi connectivity index (χ3n) is 9.23. The summed E-state index contributed by atoms with van der Waals surface area (Å²) < 4.78 is 11.6. The average molecular weight is 595 g/mol. The molecule has 0 radical (unpaired) electrons. The van der Waals surface area contributed by atoms with Crippen LogP contribution in [0, 0.1) is 0 Å². The minimum Gasteiger partial charge on any atom is -0.432 e. The fourth-order valence-corrected chi connectivity index (χ4v) is 8.75. The molecule has 12 nitrogen and oxygen atoms in total. The van der Waals surface area contributed by atoms with Crippen LogP contribution >= 0.6 is 0 Å². The molecule has 0 atom stereocenters. The van der Waals surface area contributed by atoms with Gasteiger partial charge in [-0.15, -0.1) is 0 Å². The standard InChI is InChI=1S/C30H50N4O8/c1-25(2)17-29(18-26(3,4)33(25)39-9)21(35)31(23(37)41-29)15-13-11-12-14-16-32-22(36)30(42-24(32)38)19-27(5,6)34(40-10)28(7,8)20-30/h11-20H2,1-10H3. The summed E-state index contributed by atoms with van der Waals surface area (Å²) in [5.41, 5.74) is -4.45. The minimum absolute atomic E-state index is 0.266. The Labute approximate surface area is 249 Å². The zero-order valence-corrected chi connectivity index (χ0v) is 27.1. The molecule has 2 spiro atoms. The van der Waals surface area contributed by atoms with Gasteiger partial charge in [0, 0.05) is 60.9 Å². The lowest BCUT2D eigenvalue weighted by molar-refractivity contribution is -0.285. The molecule has 0 N–H and O–H groups in total. The number of hydrogen-bond donors (Lipinski definition) is 0. The largest absolute Gasteiger partial charge is 0.432 e. The first-order chi connectivity index (χ1) is 19.3. The molecule has 12 heteroatoms. The molecule has 4 rings (SSSR count). The summed E-state index contributed by atoms with van der Waals surface area (Å²) in [6.45, 7) is 16.4. The Morgan fingerprint density at radius 3 is 1.10 bits per heavy atom. The van der Waals surface area contributed by atoms with E-state index in [-0.39, 0.29) is 24.9 Å². The molecule has 4 saturated heterocycles. The van der Waals surface area contributed by atoms with Crippen molar-refractivity contribution in [3.63, 3.8) is 0 Å². The van der Waals surface area contributed by atoms with Gasteiger partial charge in [0.15, 0.2) is 11.2 Å². The van der Waals surface area contributed by atoms with E-state index >= 15 is 0 Å². The molecule has 4 aliphatic heterocycles. The maximum Gasteiger partial charge on any atom is 0.417 e. The van der Waals surface area contributed by atoms with Crippen LogP contribution in [0.25, 0.3) is 0 Å². The molecule has 0 aromatic rings. The highest BCUT2D eigenvalue weighted by atomic mass is 16.7. The van der Waals surface area contributed by atoms with Gasteiger partial charge in [-0.05, 0) is 68.2 Å². The van der Waals surface area contributed by atoms with Gasteiger partial charge in [-0.3, -0.25) is 9.59 Å². The van der Waals surface area contributed by atoms with Crippen molar-refractivity contribution in [1.82, 2.24) is 19.9 Å². The molecule has 0 aromatic carbocycles. The molecule has 0 saturated carbocycles. The van der Waals surface area contributed by atoms with Crippen molar-refractivity contribution in [2.45, 2.75) is 140 Å². The molecular weight excluding hydrogens is 544 g/mol. The van der Waals surface area contributed by atoms with E-state index in [2.05, 4.69) is 0 Å². The first-order valence-electron chi connectivity index (χ1n) is 15.1. The van der Waals surface area contributed by atoms with Crippen molar-refractivity contribution in [3.8, 4) is 0 Å². The second-order valence-electron chi connectivity index (χ2n) is 15.0. The smallest absolute Gasteiger partial charge is 0.417 e. The highest BCUT2D eigenvalue weighted by Gasteiger charge is 2.65. The maximum absolute atomic E-state index is 13.5. The zero-order valence-electron chi connectivity index (χ0n) is 27.1. The van der Waals surface area contributed by atoms with E-state index < -0.39 is 45.5 Å². The van der Waals surface area contributed by atoms with Crippen molar-refractivity contribution < 1.29 is 38.3 Å². The van der Waals surface area contributed by atoms with Gasteiger partial charge in [0.2, 0.25) is 0 Å². The van der Waals surface area contributed by atoms with Gasteiger partial charge >= 0.3 is 12.2 Å². The molecule has 0 unspecified atom stereocenters. The van der Waals surface area contributed by atoms with Gasteiger partial charge in [-0.1, -0.05) is 12.8 Å². The van der Waals surface area contributed by atoms with Crippen molar-refractivity contribution in [2.75, 3.05) is 27.3 Å². The highest BCUT2D eigenvalue weighted by Crippen LogP contribution is 2.49. The normalized spacial score (nSPS) is 27.7. The van der Waals surface area contributed by atoms with E-state index in [1.54, 1.807) is 14.2 Å². The second-order valence-corrected chi connectivity index (χ2v) is 15.0. The Hall–Kier alpha value is -2.28. The first-order valence-corrected chi connectivity index (χ1v) is 15.1. The number of carbonyl (C=O) groups is 4. The third-order valence-corrected chi connectivity index (χ3v) is 9.23. The van der Waals surface area contributed by atoms with Crippen molar-refractivity contribution in [1.29, 1.82) is 0 Å². The van der Waals surface area contributed by atoms with E-state index in [1.807, 2.05) is 65.5 Å². The molecule has 4 fully saturated rings. The summed E-state index contributed by atoms with van der Waals surface area (Å²) in [5.74, 6) is -0.573. The number of piperidine rings is 2. The predicted octanol–water partition coefficient (Wildman–Crippen LogP) is 4.41. The number of ether oxygens (including phenoxy) is 2. The number of amides is 4. The van der Waals surface area contributed by atoms with Crippen LogP contribution in [0.2, 0.25) is 0 Å². The van der Waals surface area contributed by atoms with Crippen LogP contribution in [0.3, 0.4) is 0 Å². The molecule has 4 aliphatic rings. The third kappa shape index (κ3) is 5.44. The molecule has 42 heavy (non-hydrogen) atoms. The number of imide groups is 2. The molecule has 4 amide bonds. The zero-order chi connectivity index (χ0) is 31.5. The summed E-state index contributed by atoms with van der Waals surface area (Å²) in [7, 11) is 3.23. The van der Waals surface area contributed by atoms with Crippen LogP contribution in [-0.4, -0.2) is 105 Å². The van der Waals surface area contributed by atoms with Gasteiger partial charge in [0.1, 0.15) is 0 Å². The molecule has 0 bridgehead atoms. The molecule has 238 valence electrons. The minimum atomic E-state index is -1.20. The second kappa shape index (κ2) is 10.7. The number of hydroxylamine groups is 4. The summed E-state index contributed by atoms with van der Waals surface area (Å²) in [4.78, 5) is 66.4. The average Bonchev–Trinajstić information content (AvgIpc) is 3.15. The lowest BCUT2D eigenvalue weighted by Crippen LogP contribution is -2.66. The molecule has 4 heterocycles.